The largest absolute Gasteiger partial charge is 0.462 e. The first-order valence-electron chi connectivity index (χ1n) is 25.6. The van der Waals surface area contributed by atoms with Crippen LogP contribution in [-0.4, -0.2) is 37.2 Å². The molecule has 0 radical (unpaired) electrons. The summed E-state index contributed by atoms with van der Waals surface area (Å²) >= 11 is 0. The SMILES string of the molecule is CCC/C=C\CCCCCCCC(=O)OCC(COC(=O)CCCCCCC/C=C\C/C=C\CCCCCC)OC(=O)CCCCCCC/C=C\CCCCCCCCC. The summed E-state index contributed by atoms with van der Waals surface area (Å²) in [6.45, 7) is 6.54. The van der Waals surface area contributed by atoms with E-state index < -0.39 is 6.10 Å². The maximum atomic E-state index is 12.8. The van der Waals surface area contributed by atoms with Crippen molar-refractivity contribution >= 4 is 17.9 Å². The van der Waals surface area contributed by atoms with Crippen molar-refractivity contribution in [1.29, 1.82) is 0 Å². The maximum Gasteiger partial charge on any atom is 0.306 e. The molecule has 0 aliphatic heterocycles. The first-order valence-corrected chi connectivity index (χ1v) is 25.6. The normalized spacial score (nSPS) is 12.4. The molecule has 0 aromatic heterocycles. The molecule has 0 aromatic rings. The lowest BCUT2D eigenvalue weighted by molar-refractivity contribution is -0.167. The minimum absolute atomic E-state index is 0.0851. The van der Waals surface area contributed by atoms with E-state index in [0.29, 0.717) is 19.3 Å². The molecule has 0 rings (SSSR count). The molecule has 0 spiro atoms. The highest BCUT2D eigenvalue weighted by Gasteiger charge is 2.19. The third kappa shape index (κ3) is 46.4. The van der Waals surface area contributed by atoms with Crippen LogP contribution in [0.2, 0.25) is 0 Å². The van der Waals surface area contributed by atoms with E-state index in [0.717, 1.165) is 103 Å². The van der Waals surface area contributed by atoms with Crippen LogP contribution < -0.4 is 0 Å². The lowest BCUT2D eigenvalue weighted by Gasteiger charge is -2.18. The third-order valence-electron chi connectivity index (χ3n) is 11.0. The number of ether oxygens (including phenoxy) is 3. The van der Waals surface area contributed by atoms with Gasteiger partial charge >= 0.3 is 17.9 Å². The van der Waals surface area contributed by atoms with E-state index in [1.165, 1.54) is 116 Å². The number of hydrogen-bond acceptors (Lipinski definition) is 6. The van der Waals surface area contributed by atoms with Gasteiger partial charge in [-0.25, -0.2) is 0 Å². The van der Waals surface area contributed by atoms with E-state index in [1.807, 2.05) is 0 Å². The van der Waals surface area contributed by atoms with Crippen LogP contribution in [0.25, 0.3) is 0 Å². The molecular formula is C54H96O6. The third-order valence-corrected chi connectivity index (χ3v) is 11.0. The van der Waals surface area contributed by atoms with Crippen molar-refractivity contribution in [2.45, 2.75) is 264 Å². The Morgan fingerprint density at radius 2 is 0.633 bits per heavy atom. The standard InChI is InChI=1S/C54H96O6/c1-4-7-10-13-16-19-22-24-26-28-30-32-35-38-41-44-47-53(56)59-50-51(49-58-52(55)46-43-40-37-34-21-18-15-12-9-6-3)60-54(57)48-45-42-39-36-33-31-29-27-25-23-20-17-14-11-8-5-2/h12,15,19,22,26-29,51H,4-11,13-14,16-18,20-21,23-25,30-50H2,1-3H3/b15-12-,22-19-,28-26-,29-27-. The highest BCUT2D eigenvalue weighted by molar-refractivity contribution is 5.71. The summed E-state index contributed by atoms with van der Waals surface area (Å²) in [5, 5.41) is 0. The molecule has 6 heteroatoms. The van der Waals surface area contributed by atoms with Crippen LogP contribution in [0.1, 0.15) is 258 Å². The van der Waals surface area contributed by atoms with Gasteiger partial charge in [0.25, 0.3) is 0 Å². The summed E-state index contributed by atoms with van der Waals surface area (Å²) in [4.78, 5) is 37.9. The van der Waals surface area contributed by atoms with E-state index >= 15 is 0 Å². The Labute approximate surface area is 371 Å². The molecule has 0 heterocycles. The van der Waals surface area contributed by atoms with Gasteiger partial charge in [0, 0.05) is 19.3 Å². The Kier molecular flexibility index (Phi) is 46.9. The number of esters is 3. The summed E-state index contributed by atoms with van der Waals surface area (Å²) in [6, 6.07) is 0. The first kappa shape index (κ1) is 57.4. The Morgan fingerprint density at radius 1 is 0.333 bits per heavy atom. The van der Waals surface area contributed by atoms with Crippen molar-refractivity contribution in [3.05, 3.63) is 48.6 Å². The van der Waals surface area contributed by atoms with Gasteiger partial charge in [-0.3, -0.25) is 14.4 Å². The van der Waals surface area contributed by atoms with Gasteiger partial charge < -0.3 is 14.2 Å². The van der Waals surface area contributed by atoms with E-state index in [9.17, 15) is 14.4 Å². The van der Waals surface area contributed by atoms with Crippen molar-refractivity contribution in [3.63, 3.8) is 0 Å². The second kappa shape index (κ2) is 49.0. The molecule has 348 valence electrons. The first-order chi connectivity index (χ1) is 29.5. The monoisotopic (exact) mass is 841 g/mol. The van der Waals surface area contributed by atoms with Crippen molar-refractivity contribution in [2.75, 3.05) is 13.2 Å². The molecule has 0 amide bonds. The summed E-state index contributed by atoms with van der Waals surface area (Å²) in [5.74, 6) is -0.913. The molecule has 0 N–H and O–H groups in total. The van der Waals surface area contributed by atoms with E-state index in [2.05, 4.69) is 69.4 Å². The topological polar surface area (TPSA) is 78.9 Å². The van der Waals surface area contributed by atoms with Crippen LogP contribution in [-0.2, 0) is 28.6 Å². The Morgan fingerprint density at radius 3 is 1.02 bits per heavy atom. The van der Waals surface area contributed by atoms with Crippen molar-refractivity contribution in [2.24, 2.45) is 0 Å². The molecular weight excluding hydrogens is 745 g/mol. The number of carbonyl (C=O) groups is 3. The van der Waals surface area contributed by atoms with Gasteiger partial charge in [0.1, 0.15) is 13.2 Å². The van der Waals surface area contributed by atoms with Crippen molar-refractivity contribution in [3.8, 4) is 0 Å². The van der Waals surface area contributed by atoms with Crippen LogP contribution in [0.15, 0.2) is 48.6 Å². The van der Waals surface area contributed by atoms with Gasteiger partial charge in [-0.15, -0.1) is 0 Å². The second-order valence-electron chi connectivity index (χ2n) is 17.1. The molecule has 0 aromatic carbocycles. The Bertz CT molecular complexity index is 1060. The Hall–Kier alpha value is -2.63. The predicted octanol–water partition coefficient (Wildman–Crippen LogP) is 16.7. The molecule has 0 saturated carbocycles. The zero-order chi connectivity index (χ0) is 43.7. The lowest BCUT2D eigenvalue weighted by atomic mass is 10.1. The van der Waals surface area contributed by atoms with Gasteiger partial charge in [0.05, 0.1) is 0 Å². The fraction of sp³-hybridized carbons (Fsp3) is 0.796. The van der Waals surface area contributed by atoms with Gasteiger partial charge in [0.15, 0.2) is 6.10 Å². The smallest absolute Gasteiger partial charge is 0.306 e. The van der Waals surface area contributed by atoms with Crippen LogP contribution in [0.4, 0.5) is 0 Å². The number of carbonyl (C=O) groups excluding carboxylic acids is 3. The molecule has 0 aliphatic rings. The van der Waals surface area contributed by atoms with E-state index in [-0.39, 0.29) is 31.1 Å². The molecule has 0 saturated heterocycles. The van der Waals surface area contributed by atoms with E-state index in [1.54, 1.807) is 0 Å². The van der Waals surface area contributed by atoms with Gasteiger partial charge in [-0.1, -0.05) is 191 Å². The average molecular weight is 841 g/mol. The zero-order valence-electron chi connectivity index (χ0n) is 39.7. The summed E-state index contributed by atoms with van der Waals surface area (Å²) < 4.78 is 16.7. The van der Waals surface area contributed by atoms with Gasteiger partial charge in [-0.2, -0.15) is 0 Å². The highest BCUT2D eigenvalue weighted by atomic mass is 16.6. The summed E-state index contributed by atoms with van der Waals surface area (Å²) in [6.07, 6.45) is 58.1. The molecule has 0 aliphatic carbocycles. The van der Waals surface area contributed by atoms with Crippen LogP contribution in [0.3, 0.4) is 0 Å². The minimum Gasteiger partial charge on any atom is -0.462 e. The van der Waals surface area contributed by atoms with Crippen molar-refractivity contribution in [1.82, 2.24) is 0 Å². The van der Waals surface area contributed by atoms with Crippen LogP contribution >= 0.6 is 0 Å². The number of hydrogen-bond donors (Lipinski definition) is 0. The predicted molar refractivity (Wildman–Crippen MR) is 256 cm³/mol. The molecule has 0 fully saturated rings. The molecule has 1 atom stereocenters. The fourth-order valence-corrected chi connectivity index (χ4v) is 7.12. The van der Waals surface area contributed by atoms with Crippen LogP contribution in [0.5, 0.6) is 0 Å². The lowest BCUT2D eigenvalue weighted by Crippen LogP contribution is -2.30. The summed E-state index contributed by atoms with van der Waals surface area (Å²) in [7, 11) is 0. The molecule has 1 unspecified atom stereocenters. The van der Waals surface area contributed by atoms with Crippen LogP contribution in [0, 0.1) is 0 Å². The second-order valence-corrected chi connectivity index (χ2v) is 17.1. The molecule has 6 nitrogen and oxygen atoms in total. The quantitative estimate of drug-likeness (QED) is 0.0263. The Balaban J connectivity index is 4.38. The fourth-order valence-electron chi connectivity index (χ4n) is 7.12. The van der Waals surface area contributed by atoms with Gasteiger partial charge in [0.2, 0.25) is 0 Å². The number of rotatable bonds is 46. The van der Waals surface area contributed by atoms with E-state index in [4.69, 9.17) is 14.2 Å². The van der Waals surface area contributed by atoms with Gasteiger partial charge in [-0.05, 0) is 96.3 Å². The number of unbranched alkanes of at least 4 members (excludes halogenated alkanes) is 27. The maximum absolute atomic E-state index is 12.8. The van der Waals surface area contributed by atoms with Crippen molar-refractivity contribution < 1.29 is 28.6 Å². The molecule has 0 bridgehead atoms. The number of allylic oxidation sites excluding steroid dienone is 8. The summed E-state index contributed by atoms with van der Waals surface area (Å²) in [5.41, 5.74) is 0. The zero-order valence-corrected chi connectivity index (χ0v) is 39.7. The molecule has 60 heavy (non-hydrogen) atoms. The highest BCUT2D eigenvalue weighted by Crippen LogP contribution is 2.14. The minimum atomic E-state index is -0.784. The average Bonchev–Trinajstić information content (AvgIpc) is 3.24.